The van der Waals surface area contributed by atoms with Gasteiger partial charge in [-0.1, -0.05) is 46.0 Å². The highest BCUT2D eigenvalue weighted by atomic mass is 16.6. The van der Waals surface area contributed by atoms with Gasteiger partial charge in [-0.15, -0.1) is 0 Å². The maximum absolute atomic E-state index is 11.4. The topological polar surface area (TPSA) is 63.2 Å². The Morgan fingerprint density at radius 3 is 1.56 bits per heavy atom. The summed E-state index contributed by atoms with van der Waals surface area (Å²) in [6.07, 6.45) is 9.37. The minimum atomic E-state index is -0.138. The van der Waals surface area contributed by atoms with Crippen LogP contribution in [0.1, 0.15) is 71.6 Å². The summed E-state index contributed by atoms with van der Waals surface area (Å²) in [6, 6.07) is 0. The molecule has 0 aromatic heterocycles. The van der Waals surface area contributed by atoms with E-state index in [1.54, 1.807) is 0 Å². The first-order valence-corrected chi connectivity index (χ1v) is 10.8. The van der Waals surface area contributed by atoms with E-state index >= 15 is 0 Å². The molecule has 0 saturated heterocycles. The van der Waals surface area contributed by atoms with E-state index in [0.29, 0.717) is 65.7 Å². The van der Waals surface area contributed by atoms with Crippen LogP contribution >= 0.6 is 0 Å². The summed E-state index contributed by atoms with van der Waals surface area (Å²) < 4.78 is 26.9. The normalized spacial score (nSPS) is 11.0. The third kappa shape index (κ3) is 23.3. The molecule has 0 aliphatic heterocycles. The summed E-state index contributed by atoms with van der Waals surface area (Å²) in [4.78, 5) is 11.4. The van der Waals surface area contributed by atoms with E-state index in [1.807, 2.05) is 0 Å². The average Bonchev–Trinajstić information content (AvgIpc) is 2.67. The van der Waals surface area contributed by atoms with Crippen molar-refractivity contribution >= 4 is 5.97 Å². The van der Waals surface area contributed by atoms with Crippen LogP contribution in [0.25, 0.3) is 0 Å². The minimum Gasteiger partial charge on any atom is -0.466 e. The van der Waals surface area contributed by atoms with Crippen LogP contribution in [0.15, 0.2) is 0 Å². The van der Waals surface area contributed by atoms with Gasteiger partial charge < -0.3 is 23.7 Å². The van der Waals surface area contributed by atoms with Crippen LogP contribution in [0.3, 0.4) is 0 Å². The predicted molar refractivity (Wildman–Crippen MR) is 107 cm³/mol. The number of carbonyl (C=O) groups is 1. The maximum atomic E-state index is 11.4. The van der Waals surface area contributed by atoms with Crippen molar-refractivity contribution < 1.29 is 28.5 Å². The molecule has 0 rings (SSSR count). The third-order valence-electron chi connectivity index (χ3n) is 3.94. The first-order chi connectivity index (χ1) is 13.3. The van der Waals surface area contributed by atoms with Crippen molar-refractivity contribution in [2.45, 2.75) is 71.6 Å². The van der Waals surface area contributed by atoms with E-state index in [0.717, 1.165) is 25.9 Å². The maximum Gasteiger partial charge on any atom is 0.305 e. The smallest absolute Gasteiger partial charge is 0.305 e. The molecule has 27 heavy (non-hydrogen) atoms. The van der Waals surface area contributed by atoms with Crippen molar-refractivity contribution in [2.75, 3.05) is 59.5 Å². The average molecular weight is 391 g/mol. The molecule has 0 amide bonds. The number of hydrogen-bond donors (Lipinski definition) is 0. The Kier molecular flexibility index (Phi) is 22.8. The van der Waals surface area contributed by atoms with Gasteiger partial charge in [0.2, 0.25) is 0 Å². The van der Waals surface area contributed by atoms with Gasteiger partial charge >= 0.3 is 5.97 Å². The summed E-state index contributed by atoms with van der Waals surface area (Å²) in [5.41, 5.74) is 0. The van der Waals surface area contributed by atoms with Gasteiger partial charge in [0.1, 0.15) is 0 Å². The van der Waals surface area contributed by atoms with Crippen LogP contribution in [0, 0.1) is 0 Å². The number of esters is 1. The lowest BCUT2D eigenvalue weighted by molar-refractivity contribution is -0.144. The quantitative estimate of drug-likeness (QED) is 0.204. The Morgan fingerprint density at radius 1 is 0.519 bits per heavy atom. The number of rotatable bonds is 22. The molecule has 0 spiro atoms. The monoisotopic (exact) mass is 390 g/mol. The molecule has 6 heteroatoms. The Balaban J connectivity index is 3.06. The highest BCUT2D eigenvalue weighted by Crippen LogP contribution is 2.02. The number of unbranched alkanes of at least 4 members (excludes halogenated alkanes) is 5. The van der Waals surface area contributed by atoms with Crippen molar-refractivity contribution in [3.63, 3.8) is 0 Å². The van der Waals surface area contributed by atoms with Crippen molar-refractivity contribution in [3.05, 3.63) is 0 Å². The Labute approximate surface area is 166 Å². The Bertz CT molecular complexity index is 298. The zero-order valence-corrected chi connectivity index (χ0v) is 17.7. The first-order valence-electron chi connectivity index (χ1n) is 10.8. The molecule has 0 N–H and O–H groups in total. The van der Waals surface area contributed by atoms with Gasteiger partial charge in [-0.2, -0.15) is 0 Å². The molecule has 0 atom stereocenters. The van der Waals surface area contributed by atoms with E-state index in [4.69, 9.17) is 23.7 Å². The van der Waals surface area contributed by atoms with Crippen LogP contribution in [0.5, 0.6) is 0 Å². The van der Waals surface area contributed by atoms with Crippen molar-refractivity contribution in [2.24, 2.45) is 0 Å². The van der Waals surface area contributed by atoms with Gasteiger partial charge in [-0.3, -0.25) is 4.79 Å². The SMILES string of the molecule is CCCCCCCOCCOCCOCCOCCCC(=O)OCCCC. The van der Waals surface area contributed by atoms with Crippen LogP contribution < -0.4 is 0 Å². The minimum absolute atomic E-state index is 0.138. The summed E-state index contributed by atoms with van der Waals surface area (Å²) in [6.45, 7) is 9.68. The van der Waals surface area contributed by atoms with Gasteiger partial charge in [0.15, 0.2) is 0 Å². The molecule has 0 saturated carbocycles. The molecule has 162 valence electrons. The lowest BCUT2D eigenvalue weighted by atomic mass is 10.2. The molecule has 0 aliphatic rings. The largest absolute Gasteiger partial charge is 0.466 e. The zero-order chi connectivity index (χ0) is 19.8. The van der Waals surface area contributed by atoms with Crippen molar-refractivity contribution in [1.29, 1.82) is 0 Å². The zero-order valence-electron chi connectivity index (χ0n) is 17.7. The van der Waals surface area contributed by atoms with Crippen LogP contribution in [-0.2, 0) is 28.5 Å². The fourth-order valence-electron chi connectivity index (χ4n) is 2.29. The molecule has 0 bridgehead atoms. The highest BCUT2D eigenvalue weighted by molar-refractivity contribution is 5.69. The Morgan fingerprint density at radius 2 is 1.00 bits per heavy atom. The summed E-state index contributed by atoms with van der Waals surface area (Å²) in [5, 5.41) is 0. The fourth-order valence-corrected chi connectivity index (χ4v) is 2.29. The van der Waals surface area contributed by atoms with Gasteiger partial charge in [-0.25, -0.2) is 0 Å². The van der Waals surface area contributed by atoms with Crippen LogP contribution in [0.4, 0.5) is 0 Å². The van der Waals surface area contributed by atoms with Crippen LogP contribution in [0.2, 0.25) is 0 Å². The molecule has 0 aromatic carbocycles. The van der Waals surface area contributed by atoms with Gasteiger partial charge in [0.25, 0.3) is 0 Å². The van der Waals surface area contributed by atoms with Crippen LogP contribution in [-0.4, -0.2) is 65.4 Å². The molecule has 0 radical (unpaired) electrons. The second kappa shape index (κ2) is 23.3. The molecular weight excluding hydrogens is 348 g/mol. The van der Waals surface area contributed by atoms with E-state index in [1.165, 1.54) is 25.7 Å². The van der Waals surface area contributed by atoms with E-state index < -0.39 is 0 Å². The van der Waals surface area contributed by atoms with E-state index in [-0.39, 0.29) is 5.97 Å². The highest BCUT2D eigenvalue weighted by Gasteiger charge is 2.02. The third-order valence-corrected chi connectivity index (χ3v) is 3.94. The van der Waals surface area contributed by atoms with E-state index in [9.17, 15) is 4.79 Å². The Hall–Kier alpha value is -0.690. The van der Waals surface area contributed by atoms with Crippen molar-refractivity contribution in [3.8, 4) is 0 Å². The predicted octanol–water partition coefficient (Wildman–Crippen LogP) is 4.15. The van der Waals surface area contributed by atoms with Gasteiger partial charge in [0.05, 0.1) is 46.2 Å². The van der Waals surface area contributed by atoms with Crippen molar-refractivity contribution in [1.82, 2.24) is 0 Å². The molecule has 0 fully saturated rings. The van der Waals surface area contributed by atoms with Gasteiger partial charge in [0, 0.05) is 19.6 Å². The molecule has 6 nitrogen and oxygen atoms in total. The number of hydrogen-bond acceptors (Lipinski definition) is 6. The first kappa shape index (κ1) is 26.3. The second-order valence-corrected chi connectivity index (χ2v) is 6.54. The summed E-state index contributed by atoms with van der Waals surface area (Å²) in [5.74, 6) is -0.138. The summed E-state index contributed by atoms with van der Waals surface area (Å²) in [7, 11) is 0. The lowest BCUT2D eigenvalue weighted by Crippen LogP contribution is -2.12. The molecule has 0 aliphatic carbocycles. The molecule has 0 aromatic rings. The molecule has 0 unspecified atom stereocenters. The fraction of sp³-hybridized carbons (Fsp3) is 0.952. The van der Waals surface area contributed by atoms with Gasteiger partial charge in [-0.05, 0) is 19.3 Å². The molecule has 0 heterocycles. The molecular formula is C21H42O6. The standard InChI is InChI=1S/C21H42O6/c1-3-5-7-8-9-12-23-15-17-25-19-20-26-18-16-24-13-10-11-21(22)27-14-6-4-2/h3-20H2,1-2H3. The second-order valence-electron chi connectivity index (χ2n) is 6.54. The lowest BCUT2D eigenvalue weighted by Gasteiger charge is -2.08. The summed E-state index contributed by atoms with van der Waals surface area (Å²) >= 11 is 0. The number of carbonyl (C=O) groups excluding carboxylic acids is 1. The number of ether oxygens (including phenoxy) is 5. The van der Waals surface area contributed by atoms with E-state index in [2.05, 4.69) is 13.8 Å².